The smallest absolute Gasteiger partial charge is 0.256 e. The van der Waals surface area contributed by atoms with Crippen molar-refractivity contribution >= 4 is 41.4 Å². The van der Waals surface area contributed by atoms with Gasteiger partial charge in [-0.3, -0.25) is 10.2 Å². The summed E-state index contributed by atoms with van der Waals surface area (Å²) in [5, 5.41) is 14.8. The molecule has 1 heterocycles. The fourth-order valence-electron chi connectivity index (χ4n) is 2.93. The maximum Gasteiger partial charge on any atom is 0.256 e. The Morgan fingerprint density at radius 2 is 2.10 bits per heavy atom. The number of aromatic nitrogens is 1. The van der Waals surface area contributed by atoms with E-state index in [0.29, 0.717) is 28.6 Å². The lowest BCUT2D eigenvalue weighted by molar-refractivity contribution is 0.0702. The highest BCUT2D eigenvalue weighted by molar-refractivity contribution is 6.30. The first-order valence-electron chi connectivity index (χ1n) is 9.34. The molecule has 0 spiro atoms. The molecule has 0 bridgehead atoms. The van der Waals surface area contributed by atoms with E-state index in [0.717, 1.165) is 11.8 Å². The van der Waals surface area contributed by atoms with E-state index in [9.17, 15) is 4.79 Å². The number of halogens is 1. The molecule has 0 aliphatic heterocycles. The predicted octanol–water partition coefficient (Wildman–Crippen LogP) is 4.30. The number of amides is 1. The van der Waals surface area contributed by atoms with Crippen molar-refractivity contribution in [1.29, 1.82) is 5.41 Å². The van der Waals surface area contributed by atoms with Gasteiger partial charge in [0, 0.05) is 26.0 Å². The number of rotatable bonds is 9. The van der Waals surface area contributed by atoms with Crippen molar-refractivity contribution in [3.8, 4) is 0 Å². The minimum absolute atomic E-state index is 0.0570. The van der Waals surface area contributed by atoms with Crippen LogP contribution in [0.1, 0.15) is 29.8 Å². The molecule has 7 nitrogen and oxygen atoms in total. The summed E-state index contributed by atoms with van der Waals surface area (Å²) in [6.07, 6.45) is 3.97. The zero-order valence-corrected chi connectivity index (χ0v) is 17.9. The molecule has 0 fully saturated rings. The van der Waals surface area contributed by atoms with E-state index in [-0.39, 0.29) is 17.9 Å². The van der Waals surface area contributed by atoms with Crippen LogP contribution in [-0.4, -0.2) is 47.9 Å². The molecular formula is C21H27ClN6O. The Morgan fingerprint density at radius 3 is 2.72 bits per heavy atom. The highest BCUT2D eigenvalue weighted by Crippen LogP contribution is 2.22. The van der Waals surface area contributed by atoms with Crippen LogP contribution in [0.3, 0.4) is 0 Å². The number of hydrazone groups is 1. The van der Waals surface area contributed by atoms with E-state index >= 15 is 0 Å². The molecule has 1 amide bonds. The molecule has 0 saturated heterocycles. The second-order valence-electron chi connectivity index (χ2n) is 7.08. The average Bonchev–Trinajstić information content (AvgIpc) is 2.69. The van der Waals surface area contributed by atoms with Crippen LogP contribution in [0, 0.1) is 18.3 Å². The summed E-state index contributed by atoms with van der Waals surface area (Å²) < 4.78 is 0. The first-order valence-corrected chi connectivity index (χ1v) is 9.72. The Bertz CT molecular complexity index is 866. The van der Waals surface area contributed by atoms with E-state index in [1.54, 1.807) is 24.2 Å². The second-order valence-corrected chi connectivity index (χ2v) is 7.51. The molecule has 0 aliphatic carbocycles. The number of carbonyl (C=O) groups excluding carboxylic acids is 1. The highest BCUT2D eigenvalue weighted by Gasteiger charge is 2.25. The number of benzene rings is 1. The van der Waals surface area contributed by atoms with E-state index in [2.05, 4.69) is 34.7 Å². The van der Waals surface area contributed by atoms with Crippen LogP contribution in [0.4, 0.5) is 11.5 Å². The van der Waals surface area contributed by atoms with Gasteiger partial charge < -0.3 is 15.6 Å². The maximum atomic E-state index is 13.3. The van der Waals surface area contributed by atoms with Gasteiger partial charge >= 0.3 is 0 Å². The van der Waals surface area contributed by atoms with Gasteiger partial charge in [-0.2, -0.15) is 5.10 Å². The molecule has 2 rings (SSSR count). The zero-order chi connectivity index (χ0) is 21.4. The molecule has 3 N–H and O–H groups in total. The first-order chi connectivity index (χ1) is 13.8. The Morgan fingerprint density at radius 1 is 1.34 bits per heavy atom. The van der Waals surface area contributed by atoms with Crippen LogP contribution in [0.25, 0.3) is 0 Å². The third-order valence-corrected chi connectivity index (χ3v) is 4.77. The van der Waals surface area contributed by atoms with E-state index in [4.69, 9.17) is 17.0 Å². The molecule has 1 atom stereocenters. The number of hydrogen-bond donors (Lipinski definition) is 3. The number of carbonyl (C=O) groups is 1. The van der Waals surface area contributed by atoms with Crippen LogP contribution in [-0.2, 0) is 0 Å². The zero-order valence-electron chi connectivity index (χ0n) is 17.1. The van der Waals surface area contributed by atoms with Crippen LogP contribution < -0.4 is 10.7 Å². The summed E-state index contributed by atoms with van der Waals surface area (Å²) in [6, 6.07) is 9.09. The fourth-order valence-corrected chi connectivity index (χ4v) is 3.04. The molecule has 0 saturated carbocycles. The standard InChI is InChI=1S/C21H27ClN6O/c1-14(2)19(13-25-20-8-6-16(22)12-24-20)28(4)21(29)17-11-15(3)5-7-18(17)27-26-10-9-23/h5-12,14,19,23,27H,13H2,1-4H3,(H,24,25)/b23-9?,26-10-. The number of nitrogens with zero attached hydrogens (tertiary/aromatic N) is 3. The van der Waals surface area contributed by atoms with Gasteiger partial charge in [-0.1, -0.05) is 37.1 Å². The minimum atomic E-state index is -0.106. The molecule has 8 heteroatoms. The van der Waals surface area contributed by atoms with Crippen molar-refractivity contribution in [1.82, 2.24) is 9.88 Å². The van der Waals surface area contributed by atoms with E-state index < -0.39 is 0 Å². The minimum Gasteiger partial charge on any atom is -0.368 e. The van der Waals surface area contributed by atoms with Gasteiger partial charge in [0.05, 0.1) is 28.5 Å². The van der Waals surface area contributed by atoms with Gasteiger partial charge in [0.25, 0.3) is 5.91 Å². The largest absolute Gasteiger partial charge is 0.368 e. The number of hydrogen-bond acceptors (Lipinski definition) is 6. The first kappa shape index (κ1) is 22.4. The normalized spacial score (nSPS) is 12.1. The lowest BCUT2D eigenvalue weighted by Crippen LogP contribution is -2.44. The van der Waals surface area contributed by atoms with Gasteiger partial charge in [0.1, 0.15) is 5.82 Å². The van der Waals surface area contributed by atoms with Gasteiger partial charge in [-0.05, 0) is 37.1 Å². The third kappa shape index (κ3) is 6.29. The van der Waals surface area contributed by atoms with Crippen LogP contribution >= 0.6 is 11.6 Å². The molecule has 1 aromatic carbocycles. The Balaban J connectivity index is 2.20. The van der Waals surface area contributed by atoms with Crippen molar-refractivity contribution < 1.29 is 4.79 Å². The molecule has 0 aliphatic rings. The van der Waals surface area contributed by atoms with Crippen LogP contribution in [0.15, 0.2) is 41.6 Å². The maximum absolute atomic E-state index is 13.3. The Labute approximate surface area is 176 Å². The van der Waals surface area contributed by atoms with Crippen molar-refractivity contribution in [2.24, 2.45) is 11.0 Å². The number of pyridine rings is 1. The van der Waals surface area contributed by atoms with Crippen molar-refractivity contribution in [2.75, 3.05) is 24.3 Å². The fraction of sp³-hybridized carbons (Fsp3) is 0.333. The molecule has 154 valence electrons. The second kappa shape index (κ2) is 10.6. The molecule has 0 radical (unpaired) electrons. The lowest BCUT2D eigenvalue weighted by Gasteiger charge is -2.32. The third-order valence-electron chi connectivity index (χ3n) is 4.55. The lowest BCUT2D eigenvalue weighted by atomic mass is 10.0. The predicted molar refractivity (Wildman–Crippen MR) is 121 cm³/mol. The summed E-state index contributed by atoms with van der Waals surface area (Å²) in [4.78, 5) is 19.3. The topological polar surface area (TPSA) is 93.5 Å². The molecule has 1 aromatic heterocycles. The van der Waals surface area contributed by atoms with Gasteiger partial charge in [-0.15, -0.1) is 0 Å². The Kier molecular flexibility index (Phi) is 8.15. The van der Waals surface area contributed by atoms with Crippen LogP contribution in [0.5, 0.6) is 0 Å². The summed E-state index contributed by atoms with van der Waals surface area (Å²) in [7, 11) is 1.80. The van der Waals surface area contributed by atoms with Gasteiger partial charge in [-0.25, -0.2) is 4.98 Å². The van der Waals surface area contributed by atoms with E-state index in [1.165, 1.54) is 6.21 Å². The van der Waals surface area contributed by atoms with Gasteiger partial charge in [0.2, 0.25) is 0 Å². The average molecular weight is 415 g/mol. The number of likely N-dealkylation sites (N-methyl/N-ethyl adjacent to an activating group) is 1. The molecule has 29 heavy (non-hydrogen) atoms. The summed E-state index contributed by atoms with van der Waals surface area (Å²) >= 11 is 5.89. The summed E-state index contributed by atoms with van der Waals surface area (Å²) in [5.74, 6) is 0.825. The number of aryl methyl sites for hydroxylation is 1. The monoisotopic (exact) mass is 414 g/mol. The summed E-state index contributed by atoms with van der Waals surface area (Å²) in [6.45, 7) is 6.65. The van der Waals surface area contributed by atoms with Crippen molar-refractivity contribution in [3.63, 3.8) is 0 Å². The molecule has 2 aromatic rings. The van der Waals surface area contributed by atoms with Gasteiger partial charge in [0.15, 0.2) is 0 Å². The van der Waals surface area contributed by atoms with E-state index in [1.807, 2.05) is 31.2 Å². The number of nitrogens with one attached hydrogen (secondary N) is 3. The molecular weight excluding hydrogens is 388 g/mol. The number of anilines is 2. The summed E-state index contributed by atoms with van der Waals surface area (Å²) in [5.41, 5.74) is 4.95. The SMILES string of the molecule is Cc1ccc(N/N=C\C=N)c(C(=O)N(C)C(CNc2ccc(Cl)cn2)C(C)C)c1. The quantitative estimate of drug-likeness (QED) is 0.421. The van der Waals surface area contributed by atoms with Crippen molar-refractivity contribution in [2.45, 2.75) is 26.8 Å². The van der Waals surface area contributed by atoms with Crippen molar-refractivity contribution in [3.05, 3.63) is 52.7 Å². The Hall–Kier alpha value is -2.93. The molecule has 1 unspecified atom stereocenters. The van der Waals surface area contributed by atoms with Crippen LogP contribution in [0.2, 0.25) is 5.02 Å². The highest BCUT2D eigenvalue weighted by atomic mass is 35.5.